The van der Waals surface area contributed by atoms with Crippen molar-refractivity contribution in [2.45, 2.75) is 187 Å². The zero-order chi connectivity index (χ0) is 25.0. The van der Waals surface area contributed by atoms with Crippen LogP contribution in [0.15, 0.2) is 0 Å². The molecular formula is C31H65N3. The minimum atomic E-state index is 0.339. The lowest BCUT2D eigenvalue weighted by Gasteiger charge is -2.18. The maximum absolute atomic E-state index is 7.70. The molecule has 204 valence electrons. The predicted molar refractivity (Wildman–Crippen MR) is 155 cm³/mol. The van der Waals surface area contributed by atoms with Crippen molar-refractivity contribution in [3.8, 4) is 0 Å². The molecule has 0 fully saturated rings. The van der Waals surface area contributed by atoms with Gasteiger partial charge in [-0.3, -0.25) is 5.41 Å². The molecule has 0 aliphatic rings. The zero-order valence-corrected chi connectivity index (χ0v) is 23.7. The topological polar surface area (TPSA) is 61.9 Å². The predicted octanol–water partition coefficient (Wildman–Crippen LogP) is 10.1. The van der Waals surface area contributed by atoms with Crippen LogP contribution in [0.25, 0.3) is 0 Å². The SMILES string of the molecule is CCCCCCCCCCCCCCNC(CCCCCCCCCCCCCC)CC(=N)N. The van der Waals surface area contributed by atoms with Gasteiger partial charge in [0.2, 0.25) is 0 Å². The van der Waals surface area contributed by atoms with E-state index in [0.717, 1.165) is 13.0 Å². The lowest BCUT2D eigenvalue weighted by molar-refractivity contribution is 0.447. The van der Waals surface area contributed by atoms with Gasteiger partial charge in [0.05, 0.1) is 5.84 Å². The monoisotopic (exact) mass is 480 g/mol. The van der Waals surface area contributed by atoms with Crippen molar-refractivity contribution in [3.05, 3.63) is 0 Å². The smallest absolute Gasteiger partial charge is 0.0920 e. The van der Waals surface area contributed by atoms with Crippen LogP contribution in [0.2, 0.25) is 0 Å². The Bertz CT molecular complexity index is 396. The van der Waals surface area contributed by atoms with Gasteiger partial charge in [-0.2, -0.15) is 0 Å². The highest BCUT2D eigenvalue weighted by Gasteiger charge is 2.09. The summed E-state index contributed by atoms with van der Waals surface area (Å²) in [6.07, 6.45) is 35.5. The first-order valence-electron chi connectivity index (χ1n) is 15.8. The van der Waals surface area contributed by atoms with Crippen molar-refractivity contribution in [2.75, 3.05) is 6.54 Å². The van der Waals surface area contributed by atoms with Crippen LogP contribution in [0.3, 0.4) is 0 Å². The van der Waals surface area contributed by atoms with Crippen molar-refractivity contribution in [3.63, 3.8) is 0 Å². The highest BCUT2D eigenvalue weighted by molar-refractivity contribution is 5.77. The van der Waals surface area contributed by atoms with E-state index < -0.39 is 0 Å². The Kier molecular flexibility index (Phi) is 28.2. The third kappa shape index (κ3) is 27.7. The van der Waals surface area contributed by atoms with Gasteiger partial charge in [-0.05, 0) is 19.4 Å². The van der Waals surface area contributed by atoms with Crippen LogP contribution in [-0.4, -0.2) is 18.4 Å². The molecule has 4 N–H and O–H groups in total. The Morgan fingerprint density at radius 1 is 0.529 bits per heavy atom. The molecule has 0 aliphatic carbocycles. The van der Waals surface area contributed by atoms with E-state index in [9.17, 15) is 0 Å². The molecule has 3 nitrogen and oxygen atoms in total. The molecule has 0 rings (SSSR count). The summed E-state index contributed by atoms with van der Waals surface area (Å²) in [6.45, 7) is 5.67. The average molecular weight is 480 g/mol. The van der Waals surface area contributed by atoms with Gasteiger partial charge in [0.25, 0.3) is 0 Å². The van der Waals surface area contributed by atoms with E-state index in [1.54, 1.807) is 0 Å². The molecule has 1 unspecified atom stereocenters. The fourth-order valence-corrected chi connectivity index (χ4v) is 5.05. The second kappa shape index (κ2) is 28.7. The second-order valence-electron chi connectivity index (χ2n) is 10.9. The molecule has 3 heteroatoms. The quantitative estimate of drug-likeness (QED) is 0.0567. The first-order chi connectivity index (χ1) is 16.7. The summed E-state index contributed by atoms with van der Waals surface area (Å²) in [5.74, 6) is 0.339. The molecule has 34 heavy (non-hydrogen) atoms. The largest absolute Gasteiger partial charge is 0.388 e. The van der Waals surface area contributed by atoms with Crippen LogP contribution < -0.4 is 11.1 Å². The molecule has 0 spiro atoms. The fraction of sp³-hybridized carbons (Fsp3) is 0.968. The standard InChI is InChI=1S/C31H65N3/c1-3-5-7-9-11-13-15-17-19-21-23-25-27-30(29-31(32)33)34-28-26-24-22-20-18-16-14-12-10-8-6-4-2/h30,34H,3-29H2,1-2H3,(H3,32,33). The maximum Gasteiger partial charge on any atom is 0.0920 e. The van der Waals surface area contributed by atoms with Gasteiger partial charge in [-0.15, -0.1) is 0 Å². The molecule has 1 atom stereocenters. The second-order valence-corrected chi connectivity index (χ2v) is 10.9. The maximum atomic E-state index is 7.70. The van der Waals surface area contributed by atoms with Gasteiger partial charge in [-0.25, -0.2) is 0 Å². The summed E-state index contributed by atoms with van der Waals surface area (Å²) < 4.78 is 0. The summed E-state index contributed by atoms with van der Waals surface area (Å²) in [5, 5.41) is 11.4. The minimum Gasteiger partial charge on any atom is -0.388 e. The van der Waals surface area contributed by atoms with Crippen molar-refractivity contribution >= 4 is 5.84 Å². The van der Waals surface area contributed by atoms with E-state index in [1.165, 1.54) is 161 Å². The molecule has 0 aromatic heterocycles. The van der Waals surface area contributed by atoms with E-state index in [1.807, 2.05) is 0 Å². The molecule has 0 radical (unpaired) electrons. The molecule has 0 aromatic rings. The van der Waals surface area contributed by atoms with Crippen molar-refractivity contribution in [1.29, 1.82) is 5.41 Å². The van der Waals surface area contributed by atoms with E-state index in [2.05, 4.69) is 19.2 Å². The van der Waals surface area contributed by atoms with Crippen molar-refractivity contribution in [1.82, 2.24) is 5.32 Å². The summed E-state index contributed by atoms with van der Waals surface area (Å²) >= 11 is 0. The number of amidine groups is 1. The number of rotatable bonds is 29. The van der Waals surface area contributed by atoms with Gasteiger partial charge >= 0.3 is 0 Å². The number of hydrogen-bond donors (Lipinski definition) is 3. The average Bonchev–Trinajstić information content (AvgIpc) is 2.82. The summed E-state index contributed by atoms with van der Waals surface area (Å²) in [5.41, 5.74) is 5.72. The molecule has 0 bridgehead atoms. The number of hydrogen-bond acceptors (Lipinski definition) is 2. The van der Waals surface area contributed by atoms with Gasteiger partial charge < -0.3 is 11.1 Å². The molecule has 0 saturated heterocycles. The van der Waals surface area contributed by atoms with Crippen LogP contribution in [0.5, 0.6) is 0 Å². The lowest BCUT2D eigenvalue weighted by Crippen LogP contribution is -2.34. The first-order valence-corrected chi connectivity index (χ1v) is 15.8. The van der Waals surface area contributed by atoms with Crippen LogP contribution in [0.1, 0.15) is 181 Å². The molecule has 0 amide bonds. The minimum absolute atomic E-state index is 0.339. The van der Waals surface area contributed by atoms with Crippen LogP contribution in [-0.2, 0) is 0 Å². The summed E-state index contributed by atoms with van der Waals surface area (Å²) in [6, 6.07) is 0.410. The van der Waals surface area contributed by atoms with E-state index in [-0.39, 0.29) is 0 Å². The molecule has 0 heterocycles. The van der Waals surface area contributed by atoms with Crippen molar-refractivity contribution in [2.24, 2.45) is 5.73 Å². The Morgan fingerprint density at radius 3 is 1.21 bits per heavy atom. The number of unbranched alkanes of at least 4 members (excludes halogenated alkanes) is 22. The Hall–Kier alpha value is -0.570. The molecule has 0 aromatic carbocycles. The van der Waals surface area contributed by atoms with E-state index >= 15 is 0 Å². The van der Waals surface area contributed by atoms with Crippen LogP contribution >= 0.6 is 0 Å². The first kappa shape index (κ1) is 33.4. The molecular weight excluding hydrogens is 414 g/mol. The highest BCUT2D eigenvalue weighted by atomic mass is 14.9. The van der Waals surface area contributed by atoms with Crippen LogP contribution in [0, 0.1) is 5.41 Å². The van der Waals surface area contributed by atoms with Gasteiger partial charge in [0, 0.05) is 12.5 Å². The van der Waals surface area contributed by atoms with Crippen molar-refractivity contribution < 1.29 is 0 Å². The third-order valence-corrected chi connectivity index (χ3v) is 7.34. The fourth-order valence-electron chi connectivity index (χ4n) is 5.05. The summed E-state index contributed by atoms with van der Waals surface area (Å²) in [7, 11) is 0. The third-order valence-electron chi connectivity index (χ3n) is 7.34. The van der Waals surface area contributed by atoms with Gasteiger partial charge in [-0.1, -0.05) is 162 Å². The highest BCUT2D eigenvalue weighted by Crippen LogP contribution is 2.14. The normalized spacial score (nSPS) is 12.3. The van der Waals surface area contributed by atoms with E-state index in [4.69, 9.17) is 11.1 Å². The number of nitrogens with one attached hydrogen (secondary N) is 2. The Balaban J connectivity index is 3.51. The number of nitrogens with two attached hydrogens (primary N) is 1. The van der Waals surface area contributed by atoms with Gasteiger partial charge in [0.1, 0.15) is 0 Å². The zero-order valence-electron chi connectivity index (χ0n) is 23.7. The molecule has 0 saturated carbocycles. The Morgan fingerprint density at radius 2 is 0.853 bits per heavy atom. The molecule has 0 aliphatic heterocycles. The van der Waals surface area contributed by atoms with E-state index in [0.29, 0.717) is 11.9 Å². The Labute approximate surface area is 215 Å². The van der Waals surface area contributed by atoms with Gasteiger partial charge in [0.15, 0.2) is 0 Å². The summed E-state index contributed by atoms with van der Waals surface area (Å²) in [4.78, 5) is 0. The van der Waals surface area contributed by atoms with Crippen LogP contribution in [0.4, 0.5) is 0 Å². The lowest BCUT2D eigenvalue weighted by atomic mass is 10.0.